The molecular formula is C55H103NO5. The number of amides is 1. The van der Waals surface area contributed by atoms with Crippen molar-refractivity contribution < 1.29 is 24.5 Å². The topological polar surface area (TPSA) is 95.9 Å². The number of aliphatic hydroxyl groups is 2. The molecule has 0 fully saturated rings. The number of rotatable bonds is 49. The quantitative estimate of drug-likeness (QED) is 0.0322. The fourth-order valence-electron chi connectivity index (χ4n) is 7.97. The van der Waals surface area contributed by atoms with Gasteiger partial charge in [-0.15, -0.1) is 0 Å². The SMILES string of the molecule is CCCCCCC/C=C\CCCCCCCC(=O)OCCCCC/C=C\CCCCCCCC(=O)NC(CO)C(O)/C=C/CCCCCCCCCCCCCCCCCC. The van der Waals surface area contributed by atoms with Crippen LogP contribution in [0, 0.1) is 0 Å². The molecule has 2 atom stereocenters. The Hall–Kier alpha value is -1.92. The maximum atomic E-state index is 12.4. The van der Waals surface area contributed by atoms with Crippen molar-refractivity contribution in [3.05, 3.63) is 36.5 Å². The van der Waals surface area contributed by atoms with Gasteiger partial charge in [0.2, 0.25) is 5.91 Å². The first kappa shape index (κ1) is 59.1. The predicted molar refractivity (Wildman–Crippen MR) is 264 cm³/mol. The lowest BCUT2D eigenvalue weighted by molar-refractivity contribution is -0.143. The molecule has 0 aromatic carbocycles. The number of hydrogen-bond donors (Lipinski definition) is 3. The first-order valence-electron chi connectivity index (χ1n) is 26.8. The van der Waals surface area contributed by atoms with Gasteiger partial charge < -0.3 is 20.3 Å². The number of esters is 1. The summed E-state index contributed by atoms with van der Waals surface area (Å²) in [6, 6.07) is -0.647. The second kappa shape index (κ2) is 50.7. The summed E-state index contributed by atoms with van der Waals surface area (Å²) < 4.78 is 5.44. The molecule has 61 heavy (non-hydrogen) atoms. The van der Waals surface area contributed by atoms with Crippen LogP contribution in [0.1, 0.15) is 277 Å². The standard InChI is InChI=1S/C55H103NO5/c1-3-5-7-9-11-13-15-17-19-20-21-22-23-27-31-35-39-43-47-53(58)52(51-57)56-54(59)48-44-40-36-32-28-25-26-30-34-38-42-46-50-61-55(60)49-45-41-37-33-29-24-18-16-14-12-10-8-6-4-2/h16,18,26,30,43,47,52-53,57-58H,3-15,17,19-25,27-29,31-42,44-46,48-51H2,1-2H3,(H,56,59)/b18-16-,30-26-,47-43+. The van der Waals surface area contributed by atoms with E-state index in [-0.39, 0.29) is 18.5 Å². The molecule has 3 N–H and O–H groups in total. The van der Waals surface area contributed by atoms with Gasteiger partial charge in [-0.3, -0.25) is 9.59 Å². The summed E-state index contributed by atoms with van der Waals surface area (Å²) in [5.41, 5.74) is 0. The van der Waals surface area contributed by atoms with E-state index in [1.165, 1.54) is 167 Å². The number of nitrogens with one attached hydrogen (secondary N) is 1. The van der Waals surface area contributed by atoms with Crippen LogP contribution in [-0.2, 0) is 14.3 Å². The minimum absolute atomic E-state index is 0.0332. The summed E-state index contributed by atoms with van der Waals surface area (Å²) in [5.74, 6) is -0.127. The van der Waals surface area contributed by atoms with Crippen molar-refractivity contribution >= 4 is 11.9 Å². The van der Waals surface area contributed by atoms with Crippen LogP contribution in [0.2, 0.25) is 0 Å². The number of unbranched alkanes of at least 4 members (excludes halogenated alkanes) is 34. The molecule has 0 radical (unpaired) electrons. The molecule has 6 heteroatoms. The van der Waals surface area contributed by atoms with Crippen LogP contribution in [0.3, 0.4) is 0 Å². The van der Waals surface area contributed by atoms with Gasteiger partial charge in [-0.1, -0.05) is 211 Å². The minimum Gasteiger partial charge on any atom is -0.466 e. The van der Waals surface area contributed by atoms with E-state index in [0.29, 0.717) is 19.4 Å². The van der Waals surface area contributed by atoms with E-state index in [1.54, 1.807) is 6.08 Å². The van der Waals surface area contributed by atoms with Gasteiger partial charge in [-0.05, 0) is 89.9 Å². The van der Waals surface area contributed by atoms with Crippen molar-refractivity contribution in [2.45, 2.75) is 289 Å². The lowest BCUT2D eigenvalue weighted by atomic mass is 10.0. The highest BCUT2D eigenvalue weighted by molar-refractivity contribution is 5.76. The number of allylic oxidation sites excluding steroid dienone is 5. The Labute approximate surface area is 379 Å². The van der Waals surface area contributed by atoms with Crippen LogP contribution in [0.5, 0.6) is 0 Å². The molecular weight excluding hydrogens is 755 g/mol. The van der Waals surface area contributed by atoms with Crippen LogP contribution in [0.25, 0.3) is 0 Å². The lowest BCUT2D eigenvalue weighted by Gasteiger charge is -2.20. The van der Waals surface area contributed by atoms with Crippen LogP contribution in [0.15, 0.2) is 36.5 Å². The number of aliphatic hydroxyl groups excluding tert-OH is 2. The van der Waals surface area contributed by atoms with E-state index in [4.69, 9.17) is 4.74 Å². The summed E-state index contributed by atoms with van der Waals surface area (Å²) in [6.07, 6.45) is 61.5. The van der Waals surface area contributed by atoms with E-state index >= 15 is 0 Å². The highest BCUT2D eigenvalue weighted by Gasteiger charge is 2.18. The molecule has 0 spiro atoms. The summed E-state index contributed by atoms with van der Waals surface area (Å²) in [4.78, 5) is 24.5. The average molecular weight is 858 g/mol. The van der Waals surface area contributed by atoms with Gasteiger partial charge in [0.15, 0.2) is 0 Å². The Balaban J connectivity index is 3.55. The van der Waals surface area contributed by atoms with Gasteiger partial charge in [0.1, 0.15) is 0 Å². The molecule has 0 rings (SSSR count). The van der Waals surface area contributed by atoms with Crippen LogP contribution in [0.4, 0.5) is 0 Å². The van der Waals surface area contributed by atoms with Gasteiger partial charge in [-0.2, -0.15) is 0 Å². The van der Waals surface area contributed by atoms with Crippen molar-refractivity contribution in [3.63, 3.8) is 0 Å². The summed E-state index contributed by atoms with van der Waals surface area (Å²) in [5, 5.41) is 23.1. The second-order valence-electron chi connectivity index (χ2n) is 18.2. The summed E-state index contributed by atoms with van der Waals surface area (Å²) in [7, 11) is 0. The zero-order valence-corrected chi connectivity index (χ0v) is 40.6. The average Bonchev–Trinajstić information content (AvgIpc) is 3.26. The van der Waals surface area contributed by atoms with E-state index in [2.05, 4.69) is 43.5 Å². The Bertz CT molecular complexity index is 993. The molecule has 6 nitrogen and oxygen atoms in total. The van der Waals surface area contributed by atoms with Crippen molar-refractivity contribution in [1.29, 1.82) is 0 Å². The van der Waals surface area contributed by atoms with Crippen molar-refractivity contribution in [2.24, 2.45) is 0 Å². The van der Waals surface area contributed by atoms with Gasteiger partial charge in [0, 0.05) is 12.8 Å². The van der Waals surface area contributed by atoms with E-state index < -0.39 is 12.1 Å². The third-order valence-electron chi connectivity index (χ3n) is 12.1. The third kappa shape index (κ3) is 47.4. The minimum atomic E-state index is -0.861. The zero-order chi connectivity index (χ0) is 44.4. The zero-order valence-electron chi connectivity index (χ0n) is 40.6. The van der Waals surface area contributed by atoms with Gasteiger partial charge in [0.05, 0.1) is 25.4 Å². The van der Waals surface area contributed by atoms with Gasteiger partial charge in [-0.25, -0.2) is 0 Å². The summed E-state index contributed by atoms with van der Waals surface area (Å²) in [6.45, 7) is 4.83. The van der Waals surface area contributed by atoms with E-state index in [0.717, 1.165) is 83.5 Å². The first-order chi connectivity index (χ1) is 30.0. The van der Waals surface area contributed by atoms with Crippen molar-refractivity contribution in [3.8, 4) is 0 Å². The Morgan fingerprint density at radius 1 is 0.443 bits per heavy atom. The molecule has 0 heterocycles. The largest absolute Gasteiger partial charge is 0.466 e. The lowest BCUT2D eigenvalue weighted by Crippen LogP contribution is -2.45. The normalized spacial score (nSPS) is 12.9. The fraction of sp³-hybridized carbons (Fsp3) is 0.855. The highest BCUT2D eigenvalue weighted by Crippen LogP contribution is 2.15. The Kier molecular flexibility index (Phi) is 49.1. The monoisotopic (exact) mass is 858 g/mol. The third-order valence-corrected chi connectivity index (χ3v) is 12.1. The predicted octanol–water partition coefficient (Wildman–Crippen LogP) is 16.1. The highest BCUT2D eigenvalue weighted by atomic mass is 16.5. The molecule has 2 unspecified atom stereocenters. The number of carbonyl (C=O) groups is 2. The van der Waals surface area contributed by atoms with Crippen molar-refractivity contribution in [1.82, 2.24) is 5.32 Å². The van der Waals surface area contributed by atoms with Gasteiger partial charge in [0.25, 0.3) is 0 Å². The molecule has 0 aliphatic heterocycles. The van der Waals surface area contributed by atoms with Crippen LogP contribution in [-0.4, -0.2) is 47.4 Å². The molecule has 0 saturated carbocycles. The number of ether oxygens (including phenoxy) is 1. The van der Waals surface area contributed by atoms with E-state index in [9.17, 15) is 19.8 Å². The molecule has 1 amide bonds. The Morgan fingerprint density at radius 2 is 0.770 bits per heavy atom. The molecule has 358 valence electrons. The molecule has 0 aromatic heterocycles. The maximum absolute atomic E-state index is 12.4. The van der Waals surface area contributed by atoms with Crippen molar-refractivity contribution in [2.75, 3.05) is 13.2 Å². The molecule has 0 saturated heterocycles. The van der Waals surface area contributed by atoms with E-state index in [1.807, 2.05) is 6.08 Å². The molecule has 0 aliphatic carbocycles. The fourth-order valence-corrected chi connectivity index (χ4v) is 7.97. The first-order valence-corrected chi connectivity index (χ1v) is 26.8. The Morgan fingerprint density at radius 3 is 1.16 bits per heavy atom. The maximum Gasteiger partial charge on any atom is 0.305 e. The molecule has 0 bridgehead atoms. The number of hydrogen-bond acceptors (Lipinski definition) is 5. The summed E-state index contributed by atoms with van der Waals surface area (Å²) >= 11 is 0. The van der Waals surface area contributed by atoms with Gasteiger partial charge >= 0.3 is 5.97 Å². The van der Waals surface area contributed by atoms with Crippen LogP contribution < -0.4 is 5.32 Å². The smallest absolute Gasteiger partial charge is 0.305 e. The van der Waals surface area contributed by atoms with Crippen LogP contribution >= 0.6 is 0 Å². The molecule has 0 aliphatic rings. The number of carbonyl (C=O) groups excluding carboxylic acids is 2. The molecule has 0 aromatic rings. The second-order valence-corrected chi connectivity index (χ2v) is 18.2.